The molecule has 4 nitrogen and oxygen atoms in total. The molecular weight excluding hydrogens is 244 g/mol. The van der Waals surface area contributed by atoms with E-state index in [1.165, 1.54) is 43.3 Å². The summed E-state index contributed by atoms with van der Waals surface area (Å²) in [6.07, 6.45) is 5.32. The largest absolute Gasteiger partial charge is 0.333 e. The summed E-state index contributed by atoms with van der Waals surface area (Å²) in [5.74, 6) is 3.26. The Hall–Kier alpha value is -0.520. The number of nitrogens with zero attached hydrogens (tertiary/aromatic N) is 3. The van der Waals surface area contributed by atoms with E-state index in [1.54, 1.807) is 0 Å². The molecule has 0 spiro atoms. The Kier molecular flexibility index (Phi) is 4.23. The first-order valence-corrected chi connectivity index (χ1v) is 8.10. The number of imidazole rings is 1. The highest BCUT2D eigenvalue weighted by Crippen LogP contribution is 2.21. The molecule has 5 heteroatoms. The molecule has 2 aliphatic rings. The van der Waals surface area contributed by atoms with Crippen molar-refractivity contribution in [3.05, 3.63) is 18.2 Å². The summed E-state index contributed by atoms with van der Waals surface area (Å²) in [5.41, 5.74) is 1.42. The fourth-order valence-electron chi connectivity index (χ4n) is 2.84. The Balaban J connectivity index is 1.56. The second-order valence-electron chi connectivity index (χ2n) is 5.16. The van der Waals surface area contributed by atoms with Crippen molar-refractivity contribution in [1.29, 1.82) is 0 Å². The van der Waals surface area contributed by atoms with E-state index in [4.69, 9.17) is 0 Å². The third-order valence-electron chi connectivity index (χ3n) is 3.98. The number of rotatable bonds is 4. The van der Waals surface area contributed by atoms with Gasteiger partial charge in [-0.15, -0.1) is 0 Å². The van der Waals surface area contributed by atoms with Gasteiger partial charge in [0.05, 0.1) is 6.33 Å². The highest BCUT2D eigenvalue weighted by Gasteiger charge is 2.20. The zero-order valence-corrected chi connectivity index (χ0v) is 11.7. The molecule has 1 aromatic heterocycles. The molecule has 0 saturated carbocycles. The van der Waals surface area contributed by atoms with Crippen molar-refractivity contribution in [2.75, 3.05) is 44.2 Å². The van der Waals surface area contributed by atoms with E-state index < -0.39 is 0 Å². The number of hydrogen-bond acceptors (Lipinski definition) is 4. The molecule has 0 bridgehead atoms. The molecule has 2 fully saturated rings. The van der Waals surface area contributed by atoms with Crippen molar-refractivity contribution in [1.82, 2.24) is 19.8 Å². The van der Waals surface area contributed by atoms with E-state index in [9.17, 15) is 0 Å². The molecule has 3 rings (SSSR count). The quantitative estimate of drug-likeness (QED) is 0.882. The van der Waals surface area contributed by atoms with E-state index in [2.05, 4.69) is 37.7 Å². The maximum Gasteiger partial charge on any atom is 0.0948 e. The number of aromatic nitrogens is 2. The summed E-state index contributed by atoms with van der Waals surface area (Å²) in [6.45, 7) is 7.03. The van der Waals surface area contributed by atoms with Gasteiger partial charge in [-0.2, -0.15) is 11.8 Å². The lowest BCUT2D eigenvalue weighted by molar-refractivity contribution is 0.287. The highest BCUT2D eigenvalue weighted by molar-refractivity contribution is 7.99. The molecule has 1 atom stereocenters. The molecule has 2 aliphatic heterocycles. The van der Waals surface area contributed by atoms with E-state index in [1.807, 2.05) is 6.33 Å². The zero-order valence-electron chi connectivity index (χ0n) is 10.8. The number of hydrogen-bond donors (Lipinski definition) is 1. The van der Waals surface area contributed by atoms with Gasteiger partial charge in [-0.1, -0.05) is 0 Å². The van der Waals surface area contributed by atoms with E-state index in [0.717, 1.165) is 19.6 Å². The second kappa shape index (κ2) is 6.08. The van der Waals surface area contributed by atoms with Gasteiger partial charge in [0, 0.05) is 62.0 Å². The molecule has 0 radical (unpaired) electrons. The van der Waals surface area contributed by atoms with Crippen LogP contribution in [0.1, 0.15) is 18.0 Å². The van der Waals surface area contributed by atoms with E-state index in [0.29, 0.717) is 5.92 Å². The molecule has 1 unspecified atom stereocenters. The highest BCUT2D eigenvalue weighted by atomic mass is 32.2. The zero-order chi connectivity index (χ0) is 12.2. The smallest absolute Gasteiger partial charge is 0.0948 e. The van der Waals surface area contributed by atoms with Gasteiger partial charge in [0.25, 0.3) is 0 Å². The van der Waals surface area contributed by atoms with Crippen molar-refractivity contribution >= 4 is 11.8 Å². The van der Waals surface area contributed by atoms with Crippen LogP contribution in [0.3, 0.4) is 0 Å². The van der Waals surface area contributed by atoms with Crippen LogP contribution in [0, 0.1) is 0 Å². The molecule has 0 aromatic carbocycles. The van der Waals surface area contributed by atoms with Crippen LogP contribution in [0.15, 0.2) is 12.5 Å². The van der Waals surface area contributed by atoms with Crippen LogP contribution in [0.5, 0.6) is 0 Å². The molecule has 18 heavy (non-hydrogen) atoms. The average Bonchev–Trinajstić information content (AvgIpc) is 3.08. The van der Waals surface area contributed by atoms with Crippen LogP contribution in [0.2, 0.25) is 0 Å². The Morgan fingerprint density at radius 1 is 1.33 bits per heavy atom. The maximum atomic E-state index is 4.34. The van der Waals surface area contributed by atoms with E-state index in [-0.39, 0.29) is 0 Å². The van der Waals surface area contributed by atoms with Crippen molar-refractivity contribution in [2.45, 2.75) is 18.9 Å². The lowest BCUT2D eigenvalue weighted by Crippen LogP contribution is -2.35. The summed E-state index contributed by atoms with van der Waals surface area (Å²) in [7, 11) is 0. The standard InChI is InChI=1S/C13H22N4S/c1-2-14-9-12(1)13-10-15-11-17(13)4-3-16-5-7-18-8-6-16/h10-12,14H,1-9H2. The Labute approximate surface area is 113 Å². The predicted octanol–water partition coefficient (Wildman–Crippen LogP) is 1.01. The number of nitrogens with one attached hydrogen (secondary N) is 1. The van der Waals surface area contributed by atoms with Gasteiger partial charge in [0.1, 0.15) is 0 Å². The molecule has 2 saturated heterocycles. The van der Waals surface area contributed by atoms with Crippen LogP contribution in [0.4, 0.5) is 0 Å². The van der Waals surface area contributed by atoms with Gasteiger partial charge in [-0.3, -0.25) is 4.90 Å². The average molecular weight is 266 g/mol. The topological polar surface area (TPSA) is 33.1 Å². The second-order valence-corrected chi connectivity index (χ2v) is 6.38. The molecule has 0 amide bonds. The summed E-state index contributed by atoms with van der Waals surface area (Å²) in [6, 6.07) is 0. The van der Waals surface area contributed by atoms with Crippen LogP contribution < -0.4 is 5.32 Å². The molecule has 100 valence electrons. The lowest BCUT2D eigenvalue weighted by atomic mass is 10.1. The minimum Gasteiger partial charge on any atom is -0.333 e. The molecule has 1 N–H and O–H groups in total. The molecule has 3 heterocycles. The van der Waals surface area contributed by atoms with E-state index >= 15 is 0 Å². The summed E-state index contributed by atoms with van der Waals surface area (Å²) < 4.78 is 2.36. The van der Waals surface area contributed by atoms with Crippen molar-refractivity contribution in [3.8, 4) is 0 Å². The Bertz CT molecular complexity index is 367. The fourth-order valence-corrected chi connectivity index (χ4v) is 3.82. The molecule has 1 aromatic rings. The third-order valence-corrected chi connectivity index (χ3v) is 4.93. The summed E-state index contributed by atoms with van der Waals surface area (Å²) in [4.78, 5) is 6.92. The first-order valence-electron chi connectivity index (χ1n) is 6.94. The Morgan fingerprint density at radius 3 is 3.00 bits per heavy atom. The van der Waals surface area contributed by atoms with Gasteiger partial charge < -0.3 is 9.88 Å². The minimum absolute atomic E-state index is 0.671. The minimum atomic E-state index is 0.671. The Morgan fingerprint density at radius 2 is 2.22 bits per heavy atom. The maximum absolute atomic E-state index is 4.34. The van der Waals surface area contributed by atoms with Gasteiger partial charge >= 0.3 is 0 Å². The van der Waals surface area contributed by atoms with Crippen molar-refractivity contribution in [3.63, 3.8) is 0 Å². The normalized spacial score (nSPS) is 25.7. The third kappa shape index (κ3) is 2.90. The van der Waals surface area contributed by atoms with Crippen molar-refractivity contribution in [2.24, 2.45) is 0 Å². The van der Waals surface area contributed by atoms with Crippen LogP contribution in [-0.2, 0) is 6.54 Å². The predicted molar refractivity (Wildman–Crippen MR) is 76.2 cm³/mol. The van der Waals surface area contributed by atoms with Crippen LogP contribution >= 0.6 is 11.8 Å². The lowest BCUT2D eigenvalue weighted by Gasteiger charge is -2.26. The van der Waals surface area contributed by atoms with Gasteiger partial charge in [-0.05, 0) is 13.0 Å². The van der Waals surface area contributed by atoms with Crippen LogP contribution in [0.25, 0.3) is 0 Å². The summed E-state index contributed by atoms with van der Waals surface area (Å²) in [5, 5.41) is 3.44. The SMILES string of the molecule is c1ncn(CCN2CCSCC2)c1C1CCNC1. The van der Waals surface area contributed by atoms with Crippen molar-refractivity contribution < 1.29 is 0 Å². The molecule has 0 aliphatic carbocycles. The first kappa shape index (κ1) is 12.5. The fraction of sp³-hybridized carbons (Fsp3) is 0.769. The van der Waals surface area contributed by atoms with Gasteiger partial charge in [0.2, 0.25) is 0 Å². The van der Waals surface area contributed by atoms with Gasteiger partial charge in [0.15, 0.2) is 0 Å². The molecular formula is C13H22N4S. The summed E-state index contributed by atoms with van der Waals surface area (Å²) >= 11 is 2.08. The number of thioether (sulfide) groups is 1. The van der Waals surface area contributed by atoms with Crippen LogP contribution in [-0.4, -0.2) is 58.7 Å². The van der Waals surface area contributed by atoms with Gasteiger partial charge in [-0.25, -0.2) is 4.98 Å². The first-order chi connectivity index (χ1) is 8.93. The monoisotopic (exact) mass is 266 g/mol.